The molecule has 0 saturated heterocycles. The zero-order valence-corrected chi connectivity index (χ0v) is 23.1. The highest BCUT2D eigenvalue weighted by Crippen LogP contribution is 2.36. The van der Waals surface area contributed by atoms with E-state index in [1.54, 1.807) is 6.07 Å². The molecular weight excluding hydrogens is 538 g/mol. The van der Waals surface area contributed by atoms with E-state index in [2.05, 4.69) is 15.3 Å². The number of anilines is 2. The minimum absolute atomic E-state index is 0.0773. The number of nitrogens with zero attached hydrogens (tertiary/aromatic N) is 4. The zero-order valence-electron chi connectivity index (χ0n) is 36.4. The number of ketones is 1. The molecule has 210 valence electrons. The number of hydrogen-bond donors (Lipinski definition) is 1. The van der Waals surface area contributed by atoms with Gasteiger partial charge in [0.15, 0.2) is 5.78 Å². The number of rotatable bonds is 12. The highest BCUT2D eigenvalue weighted by atomic mass is 35.5. The molecule has 9 heteroatoms. The van der Waals surface area contributed by atoms with Crippen molar-refractivity contribution in [1.82, 2.24) is 14.9 Å². The van der Waals surface area contributed by atoms with Gasteiger partial charge in [0.2, 0.25) is 0 Å². The summed E-state index contributed by atoms with van der Waals surface area (Å²) in [5, 5.41) is 11.8. The molecule has 4 aromatic rings. The fraction of sp³-hybridized carbons (Fsp3) is 0.250. The van der Waals surface area contributed by atoms with Crippen molar-refractivity contribution in [3.8, 4) is 17.6 Å². The summed E-state index contributed by atoms with van der Waals surface area (Å²) < 4.78 is 128. The number of halogens is 1. The largest absolute Gasteiger partial charge is 0.494 e. The molecule has 0 amide bonds. The molecule has 0 unspecified atom stereocenters. The number of ether oxygens (including phenoxy) is 2. The smallest absolute Gasteiger partial charge is 0.159 e. The number of fused-ring (bicyclic) bond motifs is 1. The molecule has 0 spiro atoms. The van der Waals surface area contributed by atoms with Crippen LogP contribution in [0, 0.1) is 18.3 Å². The van der Waals surface area contributed by atoms with Gasteiger partial charge in [-0.1, -0.05) is 23.7 Å². The highest BCUT2D eigenvalue weighted by Gasteiger charge is 2.16. The van der Waals surface area contributed by atoms with Gasteiger partial charge in [-0.05, 0) is 70.2 Å². The van der Waals surface area contributed by atoms with Crippen LogP contribution < -0.4 is 14.8 Å². The normalized spacial score (nSPS) is 17.0. The van der Waals surface area contributed by atoms with Crippen LogP contribution in [0.15, 0.2) is 66.6 Å². The van der Waals surface area contributed by atoms with Gasteiger partial charge in [-0.2, -0.15) is 5.26 Å². The molecule has 2 heterocycles. The Labute approximate surface area is 264 Å². The van der Waals surface area contributed by atoms with Crippen molar-refractivity contribution < 1.29 is 33.5 Å². The van der Waals surface area contributed by atoms with E-state index in [0.717, 1.165) is 17.9 Å². The lowest BCUT2D eigenvalue weighted by atomic mass is 10.0. The van der Waals surface area contributed by atoms with Crippen molar-refractivity contribution in [3.05, 3.63) is 94.2 Å². The number of benzene rings is 2. The number of carbonyl (C=O) groups is 1. The van der Waals surface area contributed by atoms with Crippen LogP contribution in [0.5, 0.6) is 11.5 Å². The van der Waals surface area contributed by atoms with Crippen molar-refractivity contribution in [3.63, 3.8) is 0 Å². The molecule has 8 nitrogen and oxygen atoms in total. The van der Waals surface area contributed by atoms with Crippen LogP contribution in [0.4, 0.5) is 11.4 Å². The molecule has 0 aliphatic carbocycles. The molecule has 0 bridgehead atoms. The van der Waals surface area contributed by atoms with Crippen LogP contribution in [0.1, 0.15) is 48.6 Å². The molecular formula is C32H32ClN5O3. The van der Waals surface area contributed by atoms with Gasteiger partial charge in [0.05, 0.1) is 50.5 Å². The number of carbonyl (C=O) groups excluding carboxylic acids is 1. The predicted molar refractivity (Wildman–Crippen MR) is 162 cm³/mol. The standard InChI is InChI=1S/C32H32ClN5O3/c1-5-40-31-17-29-27(15-22(31)14-26(39)10-7-13-38(3)4)32(23(18-34)19-35-29)37-24-11-12-30(28(33)16-24)41-20-25-9-6-8-21(2)36-25/h6-12,15-17,19H,5,13-14,20H2,1-4H3,(H,35,37)/b10-7+/i5D2,6D,8D,9D,10D,11D,12D,13D2,15D,16D,17D,19D. The van der Waals surface area contributed by atoms with Crippen LogP contribution in [0.2, 0.25) is 5.02 Å². The molecule has 41 heavy (non-hydrogen) atoms. The van der Waals surface area contributed by atoms with E-state index in [4.69, 9.17) is 40.3 Å². The Morgan fingerprint density at radius 3 is 2.83 bits per heavy atom. The number of allylic oxidation sites excluding steroid dienone is 1. The minimum Gasteiger partial charge on any atom is -0.494 e. The molecule has 0 radical (unpaired) electrons. The Morgan fingerprint density at radius 2 is 2.07 bits per heavy atom. The minimum atomic E-state index is -2.50. The molecule has 0 aliphatic rings. The third kappa shape index (κ3) is 7.82. The average molecular weight is 584 g/mol. The molecule has 0 fully saturated rings. The van der Waals surface area contributed by atoms with Gasteiger partial charge >= 0.3 is 0 Å². The summed E-state index contributed by atoms with van der Waals surface area (Å²) in [6, 6.07) is -3.66. The number of hydrogen-bond acceptors (Lipinski definition) is 8. The summed E-state index contributed by atoms with van der Waals surface area (Å²) in [5.74, 6) is -2.19. The number of aromatic nitrogens is 2. The molecule has 0 saturated carbocycles. The Morgan fingerprint density at radius 1 is 1.24 bits per heavy atom. The number of nitrogens with one attached hydrogen (secondary N) is 1. The lowest BCUT2D eigenvalue weighted by Crippen LogP contribution is -2.11. The number of nitriles is 1. The van der Waals surface area contributed by atoms with Gasteiger partial charge in [0.1, 0.15) is 24.2 Å². The SMILES string of the molecule is [2H]/C(=C\C([2H])([2H])N(C)C)C(=O)Cc1c(OC([2H])([2H])C)c([2H])c2nc([2H])c(C#N)c(Nc3c([2H])c([2H])c(OCc4nc(C)c([2H])c([2H])c4[2H])c(Cl)c3[2H])c2c1[2H]. The van der Waals surface area contributed by atoms with E-state index in [-0.39, 0.29) is 17.4 Å². The van der Waals surface area contributed by atoms with E-state index >= 15 is 0 Å². The van der Waals surface area contributed by atoms with E-state index in [1.165, 1.54) is 21.0 Å². The van der Waals surface area contributed by atoms with Crippen molar-refractivity contribution >= 4 is 39.7 Å². The maximum Gasteiger partial charge on any atom is 0.159 e. The number of aryl methyl sites for hydroxylation is 1. The summed E-state index contributed by atoms with van der Waals surface area (Å²) in [6.45, 7) is -2.83. The molecule has 0 aliphatic heterocycles. The van der Waals surface area contributed by atoms with Crippen molar-refractivity contribution in [2.24, 2.45) is 0 Å². The Bertz CT molecular complexity index is 2300. The summed E-state index contributed by atoms with van der Waals surface area (Å²) >= 11 is 6.46. The van der Waals surface area contributed by atoms with Crippen LogP contribution in [-0.2, 0) is 17.8 Å². The summed E-state index contributed by atoms with van der Waals surface area (Å²) in [7, 11) is 2.75. The second kappa shape index (κ2) is 13.8. The first kappa shape index (κ1) is 16.1. The summed E-state index contributed by atoms with van der Waals surface area (Å²) in [5.41, 5.74) is -2.45. The molecule has 0 atom stereocenters. The van der Waals surface area contributed by atoms with Gasteiger partial charge in [-0.15, -0.1) is 0 Å². The second-order valence-electron chi connectivity index (χ2n) is 8.41. The van der Waals surface area contributed by atoms with Gasteiger partial charge in [-0.3, -0.25) is 14.8 Å². The van der Waals surface area contributed by atoms with E-state index in [9.17, 15) is 10.1 Å². The summed E-state index contributed by atoms with van der Waals surface area (Å²) in [4.78, 5) is 22.5. The average Bonchev–Trinajstić information content (AvgIpc) is 3.09. The zero-order chi connectivity index (χ0) is 41.6. The van der Waals surface area contributed by atoms with Crippen LogP contribution >= 0.6 is 11.6 Å². The number of likely N-dealkylation sites (N-methyl/N-ethyl adjacent to an activating group) is 1. The van der Waals surface area contributed by atoms with E-state index in [0.29, 0.717) is 0 Å². The van der Waals surface area contributed by atoms with Crippen molar-refractivity contribution in [2.45, 2.75) is 26.9 Å². The predicted octanol–water partition coefficient (Wildman–Crippen LogP) is 6.41. The lowest BCUT2D eigenvalue weighted by Gasteiger charge is -2.16. The number of pyridine rings is 2. The Balaban J connectivity index is 1.95. The first-order valence-electron chi connectivity index (χ1n) is 18.9. The fourth-order valence-electron chi connectivity index (χ4n) is 3.36. The van der Waals surface area contributed by atoms with Gasteiger partial charge in [-0.25, -0.2) is 0 Å². The van der Waals surface area contributed by atoms with Crippen LogP contribution in [-0.4, -0.2) is 47.8 Å². The fourth-order valence-corrected chi connectivity index (χ4v) is 3.56. The van der Waals surface area contributed by atoms with Gasteiger partial charge < -0.3 is 19.7 Å². The highest BCUT2D eigenvalue weighted by molar-refractivity contribution is 6.32. The molecule has 1 N–H and O–H groups in total. The summed E-state index contributed by atoms with van der Waals surface area (Å²) in [6.07, 6.45) is -0.920. The van der Waals surface area contributed by atoms with Crippen molar-refractivity contribution in [1.29, 1.82) is 5.26 Å². The molecule has 2 aromatic heterocycles. The Kier molecular flexibility index (Phi) is 5.40. The molecule has 4 rings (SSSR count). The van der Waals surface area contributed by atoms with Gasteiger partial charge in [0.25, 0.3) is 0 Å². The first-order chi connectivity index (χ1) is 25.3. The maximum atomic E-state index is 13.3. The lowest BCUT2D eigenvalue weighted by molar-refractivity contribution is -0.114. The van der Waals surface area contributed by atoms with Crippen molar-refractivity contribution in [2.75, 3.05) is 32.5 Å². The molecule has 2 aromatic carbocycles. The quantitative estimate of drug-likeness (QED) is 0.191. The van der Waals surface area contributed by atoms with E-state index < -0.39 is 136 Å². The van der Waals surface area contributed by atoms with Crippen LogP contribution in [0.25, 0.3) is 10.9 Å². The topological polar surface area (TPSA) is 100 Å². The Hall–Kier alpha value is -4.45. The monoisotopic (exact) mass is 583 g/mol. The van der Waals surface area contributed by atoms with Gasteiger partial charge in [0, 0.05) is 50.2 Å². The third-order valence-electron chi connectivity index (χ3n) is 5.10. The maximum absolute atomic E-state index is 13.3. The first-order valence-corrected chi connectivity index (χ1v) is 12.3. The van der Waals surface area contributed by atoms with Crippen LogP contribution in [0.3, 0.4) is 0 Å². The second-order valence-corrected chi connectivity index (χ2v) is 8.79. The third-order valence-corrected chi connectivity index (χ3v) is 5.36. The van der Waals surface area contributed by atoms with E-state index in [1.807, 2.05) is 0 Å².